The number of ether oxygens (including phenoxy) is 2. The van der Waals surface area contributed by atoms with Crippen LogP contribution in [0.15, 0.2) is 29.6 Å². The molecule has 1 aromatic heterocycles. The molecule has 1 unspecified atom stereocenters. The monoisotopic (exact) mass is 248 g/mol. The van der Waals surface area contributed by atoms with E-state index >= 15 is 0 Å². The first-order chi connectivity index (χ1) is 8.25. The van der Waals surface area contributed by atoms with Crippen LogP contribution < -0.4 is 9.47 Å². The van der Waals surface area contributed by atoms with Gasteiger partial charge in [-0.05, 0) is 41.6 Å². The number of aliphatic hydroxyl groups is 1. The Labute approximate surface area is 103 Å². The van der Waals surface area contributed by atoms with Crippen LogP contribution in [0.1, 0.15) is 22.1 Å². The number of benzene rings is 1. The summed E-state index contributed by atoms with van der Waals surface area (Å²) in [6.45, 7) is 2.27. The summed E-state index contributed by atoms with van der Waals surface area (Å²) in [5.41, 5.74) is 1.78. The average Bonchev–Trinajstić information content (AvgIpc) is 2.95. The highest BCUT2D eigenvalue weighted by Gasteiger charge is 2.18. The normalized spacial score (nSPS) is 14.9. The molecule has 0 radical (unpaired) electrons. The second kappa shape index (κ2) is 4.05. The maximum Gasteiger partial charge on any atom is 0.231 e. The highest BCUT2D eigenvalue weighted by Crippen LogP contribution is 2.36. The molecule has 0 aliphatic carbocycles. The van der Waals surface area contributed by atoms with Crippen LogP contribution in [0.3, 0.4) is 0 Å². The van der Waals surface area contributed by atoms with Crippen LogP contribution in [0.5, 0.6) is 11.5 Å². The molecule has 0 amide bonds. The molecular formula is C13H12O3S. The highest BCUT2D eigenvalue weighted by atomic mass is 32.1. The van der Waals surface area contributed by atoms with Crippen LogP contribution in [-0.2, 0) is 0 Å². The molecule has 2 heterocycles. The van der Waals surface area contributed by atoms with Gasteiger partial charge in [-0.2, -0.15) is 0 Å². The SMILES string of the molecule is Cc1sccc1C(O)c1ccc2c(c1)OCO2. The Morgan fingerprint density at radius 3 is 2.82 bits per heavy atom. The molecular weight excluding hydrogens is 236 g/mol. The van der Waals surface area contributed by atoms with Gasteiger partial charge in [-0.25, -0.2) is 0 Å². The zero-order valence-electron chi connectivity index (χ0n) is 9.34. The van der Waals surface area contributed by atoms with Crippen molar-refractivity contribution >= 4 is 11.3 Å². The standard InChI is InChI=1S/C13H12O3S/c1-8-10(4-5-17-8)13(14)9-2-3-11-12(6-9)16-7-15-11/h2-6,13-14H,7H2,1H3. The predicted molar refractivity (Wildman–Crippen MR) is 65.7 cm³/mol. The van der Waals surface area contributed by atoms with E-state index in [2.05, 4.69) is 0 Å². The van der Waals surface area contributed by atoms with Gasteiger partial charge in [-0.3, -0.25) is 0 Å². The lowest BCUT2D eigenvalue weighted by Crippen LogP contribution is -1.99. The molecule has 1 N–H and O–H groups in total. The second-order valence-corrected chi connectivity index (χ2v) is 5.07. The van der Waals surface area contributed by atoms with Crippen LogP contribution in [0.2, 0.25) is 0 Å². The van der Waals surface area contributed by atoms with Crippen LogP contribution in [0.25, 0.3) is 0 Å². The first-order valence-corrected chi connectivity index (χ1v) is 6.25. The van der Waals surface area contributed by atoms with Gasteiger partial charge in [0, 0.05) is 4.88 Å². The average molecular weight is 248 g/mol. The van der Waals surface area contributed by atoms with Crippen LogP contribution in [0, 0.1) is 6.92 Å². The first-order valence-electron chi connectivity index (χ1n) is 5.37. The molecule has 0 saturated carbocycles. The molecule has 1 aliphatic heterocycles. The Bertz CT molecular complexity index is 547. The molecule has 2 aromatic rings. The third kappa shape index (κ3) is 1.79. The molecule has 4 heteroatoms. The molecule has 88 valence electrons. The topological polar surface area (TPSA) is 38.7 Å². The van der Waals surface area contributed by atoms with Gasteiger partial charge in [0.05, 0.1) is 0 Å². The Morgan fingerprint density at radius 2 is 2.06 bits per heavy atom. The van der Waals surface area contributed by atoms with Crippen LogP contribution >= 0.6 is 11.3 Å². The van der Waals surface area contributed by atoms with Crippen molar-refractivity contribution in [2.75, 3.05) is 6.79 Å². The first kappa shape index (κ1) is 10.6. The lowest BCUT2D eigenvalue weighted by molar-refractivity contribution is 0.173. The molecule has 1 aliphatic rings. The van der Waals surface area contributed by atoms with Crippen LogP contribution in [-0.4, -0.2) is 11.9 Å². The summed E-state index contributed by atoms with van der Waals surface area (Å²) >= 11 is 1.64. The maximum atomic E-state index is 10.3. The van der Waals surface area contributed by atoms with Crippen molar-refractivity contribution in [3.63, 3.8) is 0 Å². The van der Waals surface area contributed by atoms with E-state index in [4.69, 9.17) is 9.47 Å². The second-order valence-electron chi connectivity index (χ2n) is 3.95. The summed E-state index contributed by atoms with van der Waals surface area (Å²) < 4.78 is 10.6. The van der Waals surface area contributed by atoms with E-state index in [0.29, 0.717) is 5.75 Å². The van der Waals surface area contributed by atoms with E-state index in [0.717, 1.165) is 21.8 Å². The van der Waals surface area contributed by atoms with Gasteiger partial charge in [-0.15, -0.1) is 11.3 Å². The van der Waals surface area contributed by atoms with Gasteiger partial charge >= 0.3 is 0 Å². The largest absolute Gasteiger partial charge is 0.454 e. The molecule has 0 fully saturated rings. The van der Waals surface area contributed by atoms with Crippen molar-refractivity contribution < 1.29 is 14.6 Å². The van der Waals surface area contributed by atoms with Gasteiger partial charge in [0.2, 0.25) is 6.79 Å². The molecule has 3 nitrogen and oxygen atoms in total. The van der Waals surface area contributed by atoms with Crippen LogP contribution in [0.4, 0.5) is 0 Å². The molecule has 1 aromatic carbocycles. The number of aliphatic hydroxyl groups excluding tert-OH is 1. The summed E-state index contributed by atoms with van der Waals surface area (Å²) in [6.07, 6.45) is -0.601. The van der Waals surface area contributed by atoms with Gasteiger partial charge in [0.15, 0.2) is 11.5 Å². The number of thiophene rings is 1. The quantitative estimate of drug-likeness (QED) is 0.888. The van der Waals surface area contributed by atoms with Gasteiger partial charge in [-0.1, -0.05) is 6.07 Å². The smallest absolute Gasteiger partial charge is 0.231 e. The number of fused-ring (bicyclic) bond motifs is 1. The molecule has 0 spiro atoms. The van der Waals surface area contributed by atoms with E-state index < -0.39 is 6.10 Å². The number of rotatable bonds is 2. The fraction of sp³-hybridized carbons (Fsp3) is 0.231. The third-order valence-corrected chi connectivity index (χ3v) is 3.77. The van der Waals surface area contributed by atoms with Crippen molar-refractivity contribution in [2.45, 2.75) is 13.0 Å². The third-order valence-electron chi connectivity index (χ3n) is 2.91. The predicted octanol–water partition coefficient (Wildman–Crippen LogP) is 2.87. The number of hydrogen-bond donors (Lipinski definition) is 1. The number of hydrogen-bond acceptors (Lipinski definition) is 4. The lowest BCUT2D eigenvalue weighted by atomic mass is 10.0. The van der Waals surface area contributed by atoms with E-state index in [9.17, 15) is 5.11 Å². The minimum absolute atomic E-state index is 0.256. The summed E-state index contributed by atoms with van der Waals surface area (Å²) in [4.78, 5) is 1.13. The van der Waals surface area contributed by atoms with Crippen molar-refractivity contribution in [1.82, 2.24) is 0 Å². The Balaban J connectivity index is 1.97. The van der Waals surface area contributed by atoms with E-state index in [1.54, 1.807) is 11.3 Å². The molecule has 1 atom stereocenters. The minimum Gasteiger partial charge on any atom is -0.454 e. The Kier molecular flexibility index (Phi) is 2.53. The zero-order valence-corrected chi connectivity index (χ0v) is 10.2. The van der Waals surface area contributed by atoms with Gasteiger partial charge < -0.3 is 14.6 Å². The summed E-state index contributed by atoms with van der Waals surface area (Å²) in [7, 11) is 0. The molecule has 0 saturated heterocycles. The molecule has 3 rings (SSSR count). The van der Waals surface area contributed by atoms with Crippen molar-refractivity contribution in [1.29, 1.82) is 0 Å². The Hall–Kier alpha value is -1.52. The fourth-order valence-corrected chi connectivity index (χ4v) is 2.68. The highest BCUT2D eigenvalue weighted by molar-refractivity contribution is 7.10. The molecule has 0 bridgehead atoms. The lowest BCUT2D eigenvalue weighted by Gasteiger charge is -2.11. The number of aryl methyl sites for hydroxylation is 1. The fourth-order valence-electron chi connectivity index (χ4n) is 1.94. The Morgan fingerprint density at radius 1 is 1.24 bits per heavy atom. The summed E-state index contributed by atoms with van der Waals surface area (Å²) in [5.74, 6) is 1.44. The van der Waals surface area contributed by atoms with E-state index in [-0.39, 0.29) is 6.79 Å². The maximum absolute atomic E-state index is 10.3. The van der Waals surface area contributed by atoms with Crippen molar-refractivity contribution in [2.24, 2.45) is 0 Å². The van der Waals surface area contributed by atoms with Crippen molar-refractivity contribution in [3.8, 4) is 11.5 Å². The molecule has 17 heavy (non-hydrogen) atoms. The van der Waals surface area contributed by atoms with E-state index in [1.165, 1.54) is 0 Å². The summed E-state index contributed by atoms with van der Waals surface area (Å²) in [5, 5.41) is 12.3. The van der Waals surface area contributed by atoms with Gasteiger partial charge in [0.25, 0.3) is 0 Å². The van der Waals surface area contributed by atoms with E-state index in [1.807, 2.05) is 36.6 Å². The van der Waals surface area contributed by atoms with Gasteiger partial charge in [0.1, 0.15) is 6.10 Å². The van der Waals surface area contributed by atoms with Crippen molar-refractivity contribution in [3.05, 3.63) is 45.6 Å². The minimum atomic E-state index is -0.601. The zero-order chi connectivity index (χ0) is 11.8. The summed E-state index contributed by atoms with van der Waals surface area (Å²) in [6, 6.07) is 7.50.